The number of carbonyl (C=O) groups excluding carboxylic acids is 1. The van der Waals surface area contributed by atoms with E-state index >= 15 is 0 Å². The van der Waals surface area contributed by atoms with Crippen LogP contribution in [-0.2, 0) is 11.2 Å². The first-order valence-electron chi connectivity index (χ1n) is 7.61. The fourth-order valence-corrected chi connectivity index (χ4v) is 2.82. The Morgan fingerprint density at radius 3 is 2.70 bits per heavy atom. The van der Waals surface area contributed by atoms with Gasteiger partial charge in [0, 0.05) is 32.6 Å². The van der Waals surface area contributed by atoms with E-state index in [9.17, 15) is 4.79 Å². The Kier molecular flexibility index (Phi) is 5.18. The van der Waals surface area contributed by atoms with Crippen LogP contribution in [0.25, 0.3) is 0 Å². The summed E-state index contributed by atoms with van der Waals surface area (Å²) in [6.45, 7) is 10.1. The van der Waals surface area contributed by atoms with Crippen molar-refractivity contribution in [2.24, 2.45) is 5.92 Å². The molecule has 1 heterocycles. The van der Waals surface area contributed by atoms with Gasteiger partial charge in [-0.25, -0.2) is 0 Å². The lowest BCUT2D eigenvalue weighted by atomic mass is 9.93. The molecular weight excluding hydrogens is 248 g/mol. The highest BCUT2D eigenvalue weighted by atomic mass is 16.2. The largest absolute Gasteiger partial charge is 0.340 e. The first kappa shape index (κ1) is 15.0. The van der Waals surface area contributed by atoms with Crippen molar-refractivity contribution in [3.63, 3.8) is 0 Å². The molecule has 2 rings (SSSR count). The minimum absolute atomic E-state index is 0.310. The van der Waals surface area contributed by atoms with E-state index in [1.807, 2.05) is 4.90 Å². The Labute approximate surface area is 122 Å². The number of nitrogens with one attached hydrogen (secondary N) is 1. The Bertz CT molecular complexity index is 464. The lowest BCUT2D eigenvalue weighted by Gasteiger charge is -2.28. The van der Waals surface area contributed by atoms with Gasteiger partial charge in [0.05, 0.1) is 0 Å². The van der Waals surface area contributed by atoms with Gasteiger partial charge in [0.25, 0.3) is 0 Å². The monoisotopic (exact) mass is 274 g/mol. The normalized spacial score (nSPS) is 17.1. The maximum atomic E-state index is 12.2. The van der Waals surface area contributed by atoms with Crippen LogP contribution in [0.4, 0.5) is 0 Å². The minimum atomic E-state index is 0.310. The molecule has 0 spiro atoms. The third-order valence-corrected chi connectivity index (χ3v) is 4.28. The van der Waals surface area contributed by atoms with Crippen molar-refractivity contribution in [3.8, 4) is 0 Å². The fraction of sp³-hybridized carbons (Fsp3) is 0.588. The number of rotatable bonds is 4. The Balaban J connectivity index is 1.90. The van der Waals surface area contributed by atoms with E-state index in [2.05, 4.69) is 44.3 Å². The van der Waals surface area contributed by atoms with Gasteiger partial charge in [-0.2, -0.15) is 0 Å². The molecule has 0 bridgehead atoms. The third-order valence-electron chi connectivity index (χ3n) is 4.28. The number of benzene rings is 1. The summed E-state index contributed by atoms with van der Waals surface area (Å²) in [7, 11) is 0. The molecule has 0 aromatic heterocycles. The van der Waals surface area contributed by atoms with E-state index in [1.165, 1.54) is 16.7 Å². The first-order chi connectivity index (χ1) is 9.58. The van der Waals surface area contributed by atoms with Gasteiger partial charge >= 0.3 is 0 Å². The molecule has 1 aliphatic heterocycles. The zero-order chi connectivity index (χ0) is 14.5. The molecule has 1 atom stereocenters. The Morgan fingerprint density at radius 1 is 1.30 bits per heavy atom. The van der Waals surface area contributed by atoms with Crippen molar-refractivity contribution in [1.29, 1.82) is 0 Å². The van der Waals surface area contributed by atoms with Crippen LogP contribution in [-0.4, -0.2) is 37.0 Å². The summed E-state index contributed by atoms with van der Waals surface area (Å²) in [5, 5.41) is 3.28. The van der Waals surface area contributed by atoms with Gasteiger partial charge in [-0.15, -0.1) is 0 Å². The summed E-state index contributed by atoms with van der Waals surface area (Å²) >= 11 is 0. The minimum Gasteiger partial charge on any atom is -0.340 e. The Morgan fingerprint density at radius 2 is 2.00 bits per heavy atom. The van der Waals surface area contributed by atoms with Gasteiger partial charge < -0.3 is 10.2 Å². The molecule has 1 unspecified atom stereocenters. The second-order valence-electron chi connectivity index (χ2n) is 6.00. The van der Waals surface area contributed by atoms with Crippen molar-refractivity contribution in [1.82, 2.24) is 10.2 Å². The van der Waals surface area contributed by atoms with Crippen LogP contribution in [0, 0.1) is 19.8 Å². The van der Waals surface area contributed by atoms with Crippen LogP contribution in [0.1, 0.15) is 30.0 Å². The van der Waals surface area contributed by atoms with Gasteiger partial charge in [0.15, 0.2) is 0 Å². The van der Waals surface area contributed by atoms with E-state index in [4.69, 9.17) is 0 Å². The molecular formula is C17H26N2O. The van der Waals surface area contributed by atoms with Gasteiger partial charge in [-0.1, -0.05) is 25.1 Å². The fourth-order valence-electron chi connectivity index (χ4n) is 2.82. The highest BCUT2D eigenvalue weighted by Gasteiger charge is 2.19. The van der Waals surface area contributed by atoms with Crippen molar-refractivity contribution >= 4 is 5.91 Å². The zero-order valence-corrected chi connectivity index (χ0v) is 12.9. The van der Waals surface area contributed by atoms with Gasteiger partial charge in [0.2, 0.25) is 5.91 Å². The number of hydrogen-bond donors (Lipinski definition) is 1. The van der Waals surface area contributed by atoms with Crippen LogP contribution in [0.3, 0.4) is 0 Å². The summed E-state index contributed by atoms with van der Waals surface area (Å²) in [5.41, 5.74) is 4.09. The highest BCUT2D eigenvalue weighted by Crippen LogP contribution is 2.19. The Hall–Kier alpha value is -1.35. The average Bonchev–Trinajstić information content (AvgIpc) is 2.45. The number of carbonyl (C=O) groups is 1. The highest BCUT2D eigenvalue weighted by molar-refractivity contribution is 5.76. The summed E-state index contributed by atoms with van der Waals surface area (Å²) in [6.07, 6.45) is 1.65. The number of hydrogen-bond acceptors (Lipinski definition) is 2. The number of piperazine rings is 1. The summed E-state index contributed by atoms with van der Waals surface area (Å²) in [6, 6.07) is 6.45. The van der Waals surface area contributed by atoms with Gasteiger partial charge in [-0.3, -0.25) is 4.79 Å². The molecule has 1 aromatic carbocycles. The summed E-state index contributed by atoms with van der Waals surface area (Å²) in [4.78, 5) is 14.2. The van der Waals surface area contributed by atoms with E-state index < -0.39 is 0 Å². The van der Waals surface area contributed by atoms with Gasteiger partial charge in [-0.05, 0) is 42.9 Å². The van der Waals surface area contributed by atoms with Crippen molar-refractivity contribution < 1.29 is 4.79 Å². The predicted molar refractivity (Wildman–Crippen MR) is 82.9 cm³/mol. The van der Waals surface area contributed by atoms with Crippen LogP contribution in [0.2, 0.25) is 0 Å². The van der Waals surface area contributed by atoms with Crippen LogP contribution < -0.4 is 5.32 Å². The first-order valence-corrected chi connectivity index (χ1v) is 7.61. The van der Waals surface area contributed by atoms with Crippen molar-refractivity contribution in [3.05, 3.63) is 34.9 Å². The molecule has 1 amide bonds. The molecule has 1 saturated heterocycles. The topological polar surface area (TPSA) is 32.3 Å². The molecule has 1 fully saturated rings. The molecule has 1 N–H and O–H groups in total. The maximum Gasteiger partial charge on any atom is 0.222 e. The molecule has 0 radical (unpaired) electrons. The van der Waals surface area contributed by atoms with Crippen molar-refractivity contribution in [2.75, 3.05) is 26.2 Å². The molecule has 3 nitrogen and oxygen atoms in total. The molecule has 1 aliphatic rings. The predicted octanol–water partition coefficient (Wildman–Crippen LogP) is 2.30. The zero-order valence-electron chi connectivity index (χ0n) is 12.9. The number of aryl methyl sites for hydroxylation is 1. The molecule has 3 heteroatoms. The standard InChI is InChI=1S/C17H26N2O/c1-13(11-16-6-4-5-14(2)15(16)3)12-17(20)19-9-7-18-8-10-19/h4-6,13,18H,7-12H2,1-3H3. The van der Waals surface area contributed by atoms with Crippen LogP contribution in [0.5, 0.6) is 0 Å². The SMILES string of the molecule is Cc1cccc(CC(C)CC(=O)N2CCNCC2)c1C. The lowest BCUT2D eigenvalue weighted by molar-refractivity contribution is -0.132. The third kappa shape index (κ3) is 3.83. The van der Waals surface area contributed by atoms with E-state index in [-0.39, 0.29) is 0 Å². The smallest absolute Gasteiger partial charge is 0.222 e. The molecule has 0 saturated carbocycles. The number of nitrogens with zero attached hydrogens (tertiary/aromatic N) is 1. The second-order valence-corrected chi connectivity index (χ2v) is 6.00. The van der Waals surface area contributed by atoms with Crippen LogP contribution >= 0.6 is 0 Å². The average molecular weight is 274 g/mol. The maximum absolute atomic E-state index is 12.2. The lowest BCUT2D eigenvalue weighted by Crippen LogP contribution is -2.46. The molecule has 110 valence electrons. The van der Waals surface area contributed by atoms with E-state index in [0.29, 0.717) is 18.2 Å². The second kappa shape index (κ2) is 6.89. The molecule has 0 aliphatic carbocycles. The van der Waals surface area contributed by atoms with Gasteiger partial charge in [0.1, 0.15) is 0 Å². The van der Waals surface area contributed by atoms with E-state index in [1.54, 1.807) is 0 Å². The van der Waals surface area contributed by atoms with Crippen molar-refractivity contribution in [2.45, 2.75) is 33.6 Å². The summed E-state index contributed by atoms with van der Waals surface area (Å²) < 4.78 is 0. The number of amides is 1. The van der Waals surface area contributed by atoms with E-state index in [0.717, 1.165) is 32.6 Å². The summed E-state index contributed by atoms with van der Waals surface area (Å²) in [5.74, 6) is 0.710. The molecule has 1 aromatic rings. The quantitative estimate of drug-likeness (QED) is 0.914. The molecule has 20 heavy (non-hydrogen) atoms. The van der Waals surface area contributed by atoms with Crippen LogP contribution in [0.15, 0.2) is 18.2 Å².